The van der Waals surface area contributed by atoms with Gasteiger partial charge in [0.15, 0.2) is 0 Å². The lowest BCUT2D eigenvalue weighted by molar-refractivity contribution is -0.137. The summed E-state index contributed by atoms with van der Waals surface area (Å²) in [7, 11) is 0. The van der Waals surface area contributed by atoms with Crippen LogP contribution >= 0.6 is 11.8 Å². The van der Waals surface area contributed by atoms with Gasteiger partial charge in [-0.1, -0.05) is 36.4 Å². The lowest BCUT2D eigenvalue weighted by atomic mass is 10.1. The Labute approximate surface area is 136 Å². The van der Waals surface area contributed by atoms with Gasteiger partial charge in [-0.25, -0.2) is 4.79 Å². The van der Waals surface area contributed by atoms with E-state index in [4.69, 9.17) is 4.74 Å². The third-order valence-corrected chi connectivity index (χ3v) is 4.25. The fourth-order valence-electron chi connectivity index (χ4n) is 1.98. The summed E-state index contributed by atoms with van der Waals surface area (Å²) >= 11 is 1.79. The molecule has 0 radical (unpaired) electrons. The first kappa shape index (κ1) is 16.4. The third kappa shape index (κ3) is 5.08. The van der Waals surface area contributed by atoms with E-state index in [2.05, 4.69) is 42.5 Å². The molecule has 0 atom stereocenters. The van der Waals surface area contributed by atoms with Crippen LogP contribution in [0, 0.1) is 6.92 Å². The molecule has 22 heavy (non-hydrogen) atoms. The van der Waals surface area contributed by atoms with Gasteiger partial charge in [0.25, 0.3) is 0 Å². The maximum atomic E-state index is 11.4. The van der Waals surface area contributed by atoms with Gasteiger partial charge in [0.1, 0.15) is 0 Å². The molecule has 2 aromatic carbocycles. The molecule has 2 nitrogen and oxygen atoms in total. The summed E-state index contributed by atoms with van der Waals surface area (Å²) < 4.78 is 4.91. The average molecular weight is 312 g/mol. The zero-order valence-electron chi connectivity index (χ0n) is 12.9. The molecule has 0 saturated heterocycles. The molecule has 0 spiro atoms. The summed E-state index contributed by atoms with van der Waals surface area (Å²) in [4.78, 5) is 12.6. The van der Waals surface area contributed by atoms with E-state index in [-0.39, 0.29) is 5.97 Å². The minimum absolute atomic E-state index is 0.302. The number of hydrogen-bond donors (Lipinski definition) is 0. The van der Waals surface area contributed by atoms with Crippen molar-refractivity contribution in [3.05, 3.63) is 71.3 Å². The Bertz CT molecular complexity index is 648. The van der Waals surface area contributed by atoms with Crippen molar-refractivity contribution in [2.24, 2.45) is 0 Å². The smallest absolute Gasteiger partial charge is 0.330 e. The fourth-order valence-corrected chi connectivity index (χ4v) is 2.88. The summed E-state index contributed by atoms with van der Waals surface area (Å²) in [5.74, 6) is 0.634. The molecular formula is C19H20O2S. The average Bonchev–Trinajstić information content (AvgIpc) is 2.54. The first-order valence-corrected chi connectivity index (χ1v) is 8.30. The highest BCUT2D eigenvalue weighted by Gasteiger charge is 2.01. The van der Waals surface area contributed by atoms with Gasteiger partial charge in [0, 0.05) is 16.7 Å². The van der Waals surface area contributed by atoms with E-state index >= 15 is 0 Å². The van der Waals surface area contributed by atoms with Crippen LogP contribution in [0.15, 0.2) is 59.5 Å². The van der Waals surface area contributed by atoms with Crippen LogP contribution in [0.5, 0.6) is 0 Å². The number of aryl methyl sites for hydroxylation is 1. The number of hydrogen-bond acceptors (Lipinski definition) is 3. The zero-order valence-corrected chi connectivity index (χ0v) is 13.7. The summed E-state index contributed by atoms with van der Waals surface area (Å²) in [6.45, 7) is 4.24. The van der Waals surface area contributed by atoms with Gasteiger partial charge in [-0.15, -0.1) is 11.8 Å². The van der Waals surface area contributed by atoms with Gasteiger partial charge in [0.05, 0.1) is 6.61 Å². The first-order chi connectivity index (χ1) is 10.7. The van der Waals surface area contributed by atoms with Crippen molar-refractivity contribution in [2.75, 3.05) is 6.61 Å². The van der Waals surface area contributed by atoms with Crippen LogP contribution in [0.2, 0.25) is 0 Å². The van der Waals surface area contributed by atoms with Crippen molar-refractivity contribution in [1.29, 1.82) is 0 Å². The van der Waals surface area contributed by atoms with Crippen molar-refractivity contribution >= 4 is 23.8 Å². The van der Waals surface area contributed by atoms with Crippen LogP contribution in [-0.4, -0.2) is 12.6 Å². The molecule has 114 valence electrons. The number of rotatable bonds is 6. The van der Waals surface area contributed by atoms with Crippen LogP contribution in [0.25, 0.3) is 6.08 Å². The maximum absolute atomic E-state index is 11.4. The standard InChI is InChI=1S/C19H20O2S/c1-3-21-19(20)12-10-17-13-18(11-9-15(17)2)22-14-16-7-5-4-6-8-16/h4-13H,3,14H2,1-2H3/b12-10+. The molecular weight excluding hydrogens is 292 g/mol. The third-order valence-electron chi connectivity index (χ3n) is 3.18. The summed E-state index contributed by atoms with van der Waals surface area (Å²) in [6.07, 6.45) is 3.30. The normalized spacial score (nSPS) is 10.8. The van der Waals surface area contributed by atoms with Crippen molar-refractivity contribution < 1.29 is 9.53 Å². The molecule has 0 aliphatic heterocycles. The van der Waals surface area contributed by atoms with Crippen molar-refractivity contribution in [3.63, 3.8) is 0 Å². The number of esters is 1. The molecule has 0 bridgehead atoms. The Morgan fingerprint density at radius 1 is 1.18 bits per heavy atom. The molecule has 3 heteroatoms. The van der Waals surface area contributed by atoms with E-state index in [1.165, 1.54) is 16.5 Å². The van der Waals surface area contributed by atoms with Crippen LogP contribution in [0.3, 0.4) is 0 Å². The van der Waals surface area contributed by atoms with E-state index in [9.17, 15) is 4.79 Å². The van der Waals surface area contributed by atoms with Crippen molar-refractivity contribution in [1.82, 2.24) is 0 Å². The van der Waals surface area contributed by atoms with Gasteiger partial charge in [0.2, 0.25) is 0 Å². The Morgan fingerprint density at radius 3 is 2.68 bits per heavy atom. The molecule has 2 aromatic rings. The van der Waals surface area contributed by atoms with E-state index in [1.54, 1.807) is 18.7 Å². The minimum atomic E-state index is -0.302. The largest absolute Gasteiger partial charge is 0.463 e. The summed E-state index contributed by atoms with van der Waals surface area (Å²) in [5.41, 5.74) is 3.49. The van der Waals surface area contributed by atoms with Gasteiger partial charge < -0.3 is 4.74 Å². The molecule has 0 aromatic heterocycles. The van der Waals surface area contributed by atoms with Gasteiger partial charge in [-0.3, -0.25) is 0 Å². The van der Waals surface area contributed by atoms with Crippen LogP contribution in [-0.2, 0) is 15.3 Å². The first-order valence-electron chi connectivity index (χ1n) is 7.31. The van der Waals surface area contributed by atoms with E-state index in [0.29, 0.717) is 6.61 Å². The second-order valence-corrected chi connectivity index (χ2v) is 5.93. The topological polar surface area (TPSA) is 26.3 Å². The van der Waals surface area contributed by atoms with E-state index in [1.807, 2.05) is 19.1 Å². The Hall–Kier alpha value is -2.00. The molecule has 0 aliphatic carbocycles. The van der Waals surface area contributed by atoms with Gasteiger partial charge in [-0.2, -0.15) is 0 Å². The Kier molecular flexibility index (Phi) is 6.28. The molecule has 0 unspecified atom stereocenters. The predicted molar refractivity (Wildman–Crippen MR) is 92.8 cm³/mol. The fraction of sp³-hybridized carbons (Fsp3) is 0.211. The number of carbonyl (C=O) groups is 1. The Balaban J connectivity index is 2.04. The van der Waals surface area contributed by atoms with E-state index in [0.717, 1.165) is 16.9 Å². The number of carbonyl (C=O) groups excluding carboxylic acids is 1. The molecule has 0 N–H and O–H groups in total. The molecule has 0 aliphatic rings. The number of benzene rings is 2. The molecule has 2 rings (SSSR count). The summed E-state index contributed by atoms with van der Waals surface area (Å²) in [6, 6.07) is 16.7. The maximum Gasteiger partial charge on any atom is 0.330 e. The Morgan fingerprint density at radius 2 is 1.95 bits per heavy atom. The van der Waals surface area contributed by atoms with E-state index < -0.39 is 0 Å². The van der Waals surface area contributed by atoms with Crippen LogP contribution < -0.4 is 0 Å². The lowest BCUT2D eigenvalue weighted by Gasteiger charge is -2.06. The van der Waals surface area contributed by atoms with Crippen LogP contribution in [0.4, 0.5) is 0 Å². The highest BCUT2D eigenvalue weighted by Crippen LogP contribution is 2.25. The van der Waals surface area contributed by atoms with Crippen LogP contribution in [0.1, 0.15) is 23.6 Å². The minimum Gasteiger partial charge on any atom is -0.463 e. The molecule has 0 amide bonds. The van der Waals surface area contributed by atoms with Gasteiger partial charge >= 0.3 is 5.97 Å². The summed E-state index contributed by atoms with van der Waals surface area (Å²) in [5, 5.41) is 0. The molecule has 0 heterocycles. The SMILES string of the molecule is CCOC(=O)/C=C/c1cc(SCc2ccccc2)ccc1C. The predicted octanol–water partition coefficient (Wildman–Crippen LogP) is 4.86. The highest BCUT2D eigenvalue weighted by molar-refractivity contribution is 7.98. The number of thioether (sulfide) groups is 1. The lowest BCUT2D eigenvalue weighted by Crippen LogP contribution is -1.98. The quantitative estimate of drug-likeness (QED) is 0.433. The monoisotopic (exact) mass is 312 g/mol. The number of ether oxygens (including phenoxy) is 1. The zero-order chi connectivity index (χ0) is 15.8. The second-order valence-electron chi connectivity index (χ2n) is 4.88. The van der Waals surface area contributed by atoms with Crippen molar-refractivity contribution in [2.45, 2.75) is 24.5 Å². The highest BCUT2D eigenvalue weighted by atomic mass is 32.2. The molecule has 0 fully saturated rings. The van der Waals surface area contributed by atoms with Gasteiger partial charge in [-0.05, 0) is 48.7 Å². The second kappa shape index (κ2) is 8.44. The van der Waals surface area contributed by atoms with Crippen molar-refractivity contribution in [3.8, 4) is 0 Å². The molecule has 0 saturated carbocycles.